The highest BCUT2D eigenvalue weighted by Crippen LogP contribution is 2.30. The van der Waals surface area contributed by atoms with Gasteiger partial charge in [0, 0.05) is 24.9 Å². The number of unbranched alkanes of at least 4 members (excludes halogenated alkanes) is 2. The number of carbonyl (C=O) groups excluding carboxylic acids is 2. The summed E-state index contributed by atoms with van der Waals surface area (Å²) in [4.78, 5) is 45.0. The number of ether oxygens (including phenoxy) is 1. The zero-order valence-electron chi connectivity index (χ0n) is 25.3. The Kier molecular flexibility index (Phi) is 12.1. The third-order valence-electron chi connectivity index (χ3n) is 7.23. The van der Waals surface area contributed by atoms with Crippen LogP contribution in [0.2, 0.25) is 5.15 Å². The summed E-state index contributed by atoms with van der Waals surface area (Å²) in [5.41, 5.74) is 4.02. The van der Waals surface area contributed by atoms with Crippen molar-refractivity contribution < 1.29 is 24.3 Å². The van der Waals surface area contributed by atoms with Crippen molar-refractivity contribution >= 4 is 23.4 Å². The van der Waals surface area contributed by atoms with Gasteiger partial charge in [0.15, 0.2) is 10.9 Å². The maximum absolute atomic E-state index is 13.4. The zero-order valence-corrected chi connectivity index (χ0v) is 26.0. The fraction of sp³-hybridized carbons (Fsp3) is 0.419. The van der Waals surface area contributed by atoms with Crippen molar-refractivity contribution in [2.24, 2.45) is 0 Å². The van der Waals surface area contributed by atoms with Gasteiger partial charge in [0.05, 0.1) is 13.0 Å². The lowest BCUT2D eigenvalue weighted by molar-refractivity contribution is -0.767. The third-order valence-corrected chi connectivity index (χ3v) is 7.49. The van der Waals surface area contributed by atoms with Crippen molar-refractivity contribution in [3.05, 3.63) is 80.9 Å². The summed E-state index contributed by atoms with van der Waals surface area (Å²) >= 11 is 6.51. The minimum atomic E-state index is -0.816. The fourth-order valence-corrected chi connectivity index (χ4v) is 5.24. The quantitative estimate of drug-likeness (QED) is 0.0446. The first-order valence-electron chi connectivity index (χ1n) is 14.9. The molecule has 4 aromatic rings. The first-order valence-corrected chi connectivity index (χ1v) is 15.3. The predicted octanol–water partition coefficient (Wildman–Crippen LogP) is 6.05. The molecule has 0 aliphatic heterocycles. The molecule has 1 unspecified atom stereocenters. The van der Waals surface area contributed by atoms with Gasteiger partial charge in [-0.1, -0.05) is 73.5 Å². The van der Waals surface area contributed by atoms with Crippen LogP contribution < -0.4 is 0 Å². The van der Waals surface area contributed by atoms with E-state index in [0.29, 0.717) is 38.1 Å². The normalized spacial score (nSPS) is 11.7. The van der Waals surface area contributed by atoms with E-state index < -0.39 is 17.2 Å². The average Bonchev–Trinajstić information content (AvgIpc) is 3.67. The Bertz CT molecular complexity index is 1570. The van der Waals surface area contributed by atoms with Crippen molar-refractivity contribution in [3.8, 4) is 22.5 Å². The van der Waals surface area contributed by atoms with Gasteiger partial charge in [-0.25, -0.2) is 4.98 Å². The summed E-state index contributed by atoms with van der Waals surface area (Å²) in [6, 6.07) is 15.8. The third kappa shape index (κ3) is 9.42. The lowest BCUT2D eigenvalue weighted by atomic mass is 9.98. The van der Waals surface area contributed by atoms with Crippen molar-refractivity contribution in [2.45, 2.75) is 77.9 Å². The molecular weight excluding hydrogens is 602 g/mol. The highest BCUT2D eigenvalue weighted by Gasteiger charge is 2.23. The van der Waals surface area contributed by atoms with Gasteiger partial charge < -0.3 is 14.1 Å². The van der Waals surface area contributed by atoms with Crippen molar-refractivity contribution in [2.75, 3.05) is 6.61 Å². The van der Waals surface area contributed by atoms with Gasteiger partial charge in [0.1, 0.15) is 17.6 Å². The minimum Gasteiger partial charge on any atom is -0.466 e. The van der Waals surface area contributed by atoms with Crippen LogP contribution in [0.15, 0.2) is 48.5 Å². The molecule has 1 atom stereocenters. The van der Waals surface area contributed by atoms with Crippen LogP contribution in [0.25, 0.3) is 22.5 Å². The smallest absolute Gasteiger partial charge is 0.306 e. The second-order valence-electron chi connectivity index (χ2n) is 10.6. The topological polar surface area (TPSA) is 168 Å². The number of esters is 1. The number of halogens is 1. The highest BCUT2D eigenvalue weighted by atomic mass is 35.5. The number of hydrogen-bond acceptors (Lipinski definition) is 10. The van der Waals surface area contributed by atoms with Crippen LogP contribution in [-0.2, 0) is 27.3 Å². The first-order chi connectivity index (χ1) is 21.8. The molecule has 4 rings (SSSR count). The number of aromatic nitrogens is 6. The number of aryl methyl sites for hydroxylation is 1. The Morgan fingerprint density at radius 3 is 2.51 bits per heavy atom. The van der Waals surface area contributed by atoms with E-state index in [9.17, 15) is 19.7 Å². The molecule has 0 aliphatic rings. The lowest BCUT2D eigenvalue weighted by Crippen LogP contribution is -2.15. The SMILES string of the molecule is CCCCc1nc(Cl)c(C(=O)CCC(=O)OCCCCC(C)O[N+](=O)[O-])n1Cc1ccc(-c2ccccc2-c2nn[nH]n2)cc1. The van der Waals surface area contributed by atoms with E-state index in [2.05, 4.69) is 37.4 Å². The van der Waals surface area contributed by atoms with E-state index in [0.717, 1.165) is 40.9 Å². The Morgan fingerprint density at radius 1 is 1.07 bits per heavy atom. The summed E-state index contributed by atoms with van der Waals surface area (Å²) in [5, 5.41) is 24.1. The number of aromatic amines is 1. The van der Waals surface area contributed by atoms with Crippen molar-refractivity contribution in [1.29, 1.82) is 0 Å². The van der Waals surface area contributed by atoms with Crippen LogP contribution in [0.4, 0.5) is 0 Å². The molecule has 0 radical (unpaired) electrons. The second-order valence-corrected chi connectivity index (χ2v) is 11.0. The van der Waals surface area contributed by atoms with Gasteiger partial charge >= 0.3 is 5.97 Å². The molecule has 2 heterocycles. The zero-order chi connectivity index (χ0) is 32.2. The molecule has 45 heavy (non-hydrogen) atoms. The van der Waals surface area contributed by atoms with E-state index >= 15 is 0 Å². The van der Waals surface area contributed by atoms with Gasteiger partial charge in [0.25, 0.3) is 5.09 Å². The summed E-state index contributed by atoms with van der Waals surface area (Å²) in [7, 11) is 0. The van der Waals surface area contributed by atoms with E-state index in [4.69, 9.17) is 16.3 Å². The summed E-state index contributed by atoms with van der Waals surface area (Å²) < 4.78 is 7.10. The molecule has 2 aromatic carbocycles. The monoisotopic (exact) mass is 637 g/mol. The maximum atomic E-state index is 13.4. The lowest BCUT2D eigenvalue weighted by Gasteiger charge is -2.13. The number of nitrogens with zero attached hydrogens (tertiary/aromatic N) is 6. The Hall–Kier alpha value is -4.65. The molecule has 2 aromatic heterocycles. The average molecular weight is 638 g/mol. The number of hydrogen-bond donors (Lipinski definition) is 1. The molecule has 0 saturated carbocycles. The highest BCUT2D eigenvalue weighted by molar-refractivity contribution is 6.32. The molecule has 1 N–H and O–H groups in total. The summed E-state index contributed by atoms with van der Waals surface area (Å²) in [6.07, 6.45) is 3.41. The van der Waals surface area contributed by atoms with Crippen LogP contribution in [0.1, 0.15) is 80.7 Å². The number of ketones is 1. The molecule has 0 saturated heterocycles. The molecule has 238 valence electrons. The number of H-pyrrole nitrogens is 1. The molecular formula is C31H36ClN7O6. The van der Waals surface area contributed by atoms with Crippen molar-refractivity contribution in [1.82, 2.24) is 30.2 Å². The number of benzene rings is 2. The largest absolute Gasteiger partial charge is 0.466 e. The number of nitrogens with one attached hydrogen (secondary N) is 1. The molecule has 0 fully saturated rings. The van der Waals surface area contributed by atoms with E-state index in [-0.39, 0.29) is 36.1 Å². The molecule has 13 nitrogen and oxygen atoms in total. The predicted molar refractivity (Wildman–Crippen MR) is 166 cm³/mol. The fourth-order valence-electron chi connectivity index (χ4n) is 4.93. The minimum absolute atomic E-state index is 0.0724. The van der Waals surface area contributed by atoms with E-state index in [1.807, 2.05) is 53.1 Å². The summed E-state index contributed by atoms with van der Waals surface area (Å²) in [6.45, 7) is 4.24. The number of rotatable bonds is 18. The molecule has 0 amide bonds. The Balaban J connectivity index is 1.40. The van der Waals surface area contributed by atoms with E-state index in [1.54, 1.807) is 6.92 Å². The maximum Gasteiger partial charge on any atom is 0.306 e. The molecule has 0 spiro atoms. The number of imidazole rings is 1. The van der Waals surface area contributed by atoms with Gasteiger partial charge in [-0.05, 0) is 54.5 Å². The standard InChI is InChI=1S/C31H36ClN7O6/c1-3-4-12-27-33-30(32)29(26(40)17-18-28(41)44-19-8-7-9-21(2)45-39(42)43)38(27)20-22-13-15-23(16-14-22)24-10-5-6-11-25(24)31-34-36-37-35-31/h5-6,10-11,13-16,21H,3-4,7-9,12,17-20H2,1-2H3,(H,34,35,36,37). The first kappa shape index (κ1) is 33.2. The second kappa shape index (κ2) is 16.4. The van der Waals surface area contributed by atoms with Crippen LogP contribution in [0, 0.1) is 10.1 Å². The Morgan fingerprint density at radius 2 is 1.82 bits per heavy atom. The Labute approximate surface area is 265 Å². The number of Topliss-reactive ketones (excluding diaryl/α,β-unsaturated/α-hetero) is 1. The van der Waals surface area contributed by atoms with Crippen molar-refractivity contribution in [3.63, 3.8) is 0 Å². The van der Waals surface area contributed by atoms with Crippen LogP contribution >= 0.6 is 11.6 Å². The number of carbonyl (C=O) groups is 2. The van der Waals surface area contributed by atoms with E-state index in [1.165, 1.54) is 0 Å². The van der Waals surface area contributed by atoms with Crippen LogP contribution in [-0.4, -0.2) is 59.7 Å². The van der Waals surface area contributed by atoms with Gasteiger partial charge in [-0.15, -0.1) is 20.3 Å². The molecule has 0 aliphatic carbocycles. The van der Waals surface area contributed by atoms with Crippen LogP contribution in [0.3, 0.4) is 0 Å². The van der Waals surface area contributed by atoms with Gasteiger partial charge in [-0.2, -0.15) is 5.21 Å². The van der Waals surface area contributed by atoms with Gasteiger partial charge in [0.2, 0.25) is 5.82 Å². The molecule has 14 heteroatoms. The number of tetrazole rings is 1. The van der Waals surface area contributed by atoms with Gasteiger partial charge in [-0.3, -0.25) is 9.59 Å². The molecule has 0 bridgehead atoms. The van der Waals surface area contributed by atoms with Crippen LogP contribution in [0.5, 0.6) is 0 Å². The summed E-state index contributed by atoms with van der Waals surface area (Å²) in [5.74, 6) is 0.437.